The second-order valence-corrected chi connectivity index (χ2v) is 9.08. The highest BCUT2D eigenvalue weighted by Crippen LogP contribution is 2.49. The average molecular weight is 430 g/mol. The van der Waals surface area contributed by atoms with Crippen molar-refractivity contribution in [3.63, 3.8) is 0 Å². The molecule has 0 aliphatic heterocycles. The fourth-order valence-corrected chi connectivity index (χ4v) is 4.72. The highest BCUT2D eigenvalue weighted by atomic mass is 35.5. The Morgan fingerprint density at radius 1 is 1.13 bits per heavy atom. The van der Waals surface area contributed by atoms with Crippen LogP contribution in [0.3, 0.4) is 0 Å². The third kappa shape index (κ3) is 4.36. The summed E-state index contributed by atoms with van der Waals surface area (Å²) >= 11 is 6.01. The van der Waals surface area contributed by atoms with Crippen molar-refractivity contribution in [2.24, 2.45) is 11.3 Å². The number of hydrogen-bond acceptors (Lipinski definition) is 2. The number of amides is 1. The molecule has 0 spiro atoms. The van der Waals surface area contributed by atoms with E-state index in [1.54, 1.807) is 24.3 Å². The molecule has 6 heteroatoms. The van der Waals surface area contributed by atoms with Crippen LogP contribution in [0, 0.1) is 17.2 Å². The minimum Gasteiger partial charge on any atom is -0.481 e. The third-order valence-corrected chi connectivity index (χ3v) is 6.77. The Hall–Kier alpha value is -2.40. The van der Waals surface area contributed by atoms with Gasteiger partial charge in [0.2, 0.25) is 5.91 Å². The van der Waals surface area contributed by atoms with Crippen LogP contribution in [0.1, 0.15) is 55.6 Å². The summed E-state index contributed by atoms with van der Waals surface area (Å²) in [4.78, 5) is 24.7. The normalized spacial score (nSPS) is 18.7. The largest absolute Gasteiger partial charge is 0.481 e. The molecule has 1 atom stereocenters. The SMILES string of the molecule is O=C(Nc1cc(CC2(C(=O)O)CC2)ccc1F)[C@H](c1ccc(Cl)cc1)C1CCCC1. The van der Waals surface area contributed by atoms with Gasteiger partial charge < -0.3 is 10.4 Å². The molecule has 0 aromatic heterocycles. The van der Waals surface area contributed by atoms with Crippen molar-refractivity contribution in [1.82, 2.24) is 0 Å². The van der Waals surface area contributed by atoms with Crippen LogP contribution < -0.4 is 5.32 Å². The van der Waals surface area contributed by atoms with Crippen LogP contribution in [-0.4, -0.2) is 17.0 Å². The third-order valence-electron chi connectivity index (χ3n) is 6.52. The highest BCUT2D eigenvalue weighted by Gasteiger charge is 2.50. The molecule has 2 aromatic rings. The van der Waals surface area contributed by atoms with E-state index in [-0.39, 0.29) is 23.4 Å². The molecule has 30 heavy (non-hydrogen) atoms. The van der Waals surface area contributed by atoms with E-state index < -0.39 is 17.2 Å². The lowest BCUT2D eigenvalue weighted by Crippen LogP contribution is -2.27. The number of hydrogen-bond donors (Lipinski definition) is 2. The topological polar surface area (TPSA) is 66.4 Å². The Labute approximate surface area is 180 Å². The molecule has 0 saturated heterocycles. The molecule has 2 aliphatic rings. The van der Waals surface area contributed by atoms with Gasteiger partial charge >= 0.3 is 5.97 Å². The standard InChI is InChI=1S/C24H25ClFNO3/c25-18-8-6-17(7-9-18)21(16-3-1-2-4-16)22(28)27-20-13-15(5-10-19(20)26)14-24(11-12-24)23(29)30/h5-10,13,16,21H,1-4,11-12,14H2,(H,27,28)(H,29,30)/t21-/m0/s1. The number of carbonyl (C=O) groups excluding carboxylic acids is 1. The van der Waals surface area contributed by atoms with Crippen LogP contribution >= 0.6 is 11.6 Å². The van der Waals surface area contributed by atoms with Crippen LogP contribution in [0.2, 0.25) is 5.02 Å². The maximum absolute atomic E-state index is 14.5. The van der Waals surface area contributed by atoms with Crippen molar-refractivity contribution in [2.75, 3.05) is 5.32 Å². The molecule has 4 rings (SSSR count). The molecule has 2 saturated carbocycles. The van der Waals surface area contributed by atoms with Gasteiger partial charge in [-0.25, -0.2) is 4.39 Å². The number of benzene rings is 2. The van der Waals surface area contributed by atoms with E-state index in [9.17, 15) is 19.1 Å². The fourth-order valence-electron chi connectivity index (χ4n) is 4.59. The van der Waals surface area contributed by atoms with E-state index in [1.165, 1.54) is 6.07 Å². The van der Waals surface area contributed by atoms with Crippen LogP contribution in [0.4, 0.5) is 10.1 Å². The van der Waals surface area contributed by atoms with Gasteiger partial charge in [-0.3, -0.25) is 9.59 Å². The smallest absolute Gasteiger partial charge is 0.309 e. The molecule has 0 bridgehead atoms. The Kier molecular flexibility index (Phi) is 5.83. The van der Waals surface area contributed by atoms with E-state index in [0.29, 0.717) is 24.3 Å². The molecule has 4 nitrogen and oxygen atoms in total. The van der Waals surface area contributed by atoms with Gasteiger partial charge in [-0.15, -0.1) is 0 Å². The van der Waals surface area contributed by atoms with Crippen LogP contribution in [0.5, 0.6) is 0 Å². The molecular formula is C24H25ClFNO3. The molecule has 1 amide bonds. The summed E-state index contributed by atoms with van der Waals surface area (Å²) in [5.41, 5.74) is 0.962. The Bertz CT molecular complexity index is 949. The van der Waals surface area contributed by atoms with Crippen molar-refractivity contribution < 1.29 is 19.1 Å². The van der Waals surface area contributed by atoms with E-state index >= 15 is 0 Å². The first kappa shape index (κ1) is 20.9. The summed E-state index contributed by atoms with van der Waals surface area (Å²) in [7, 11) is 0. The number of nitrogens with one attached hydrogen (secondary N) is 1. The predicted octanol–water partition coefficient (Wildman–Crippen LogP) is 5.80. The van der Waals surface area contributed by atoms with E-state index in [1.807, 2.05) is 12.1 Å². The van der Waals surface area contributed by atoms with E-state index in [2.05, 4.69) is 5.32 Å². The number of halogens is 2. The van der Waals surface area contributed by atoms with Crippen molar-refractivity contribution >= 4 is 29.2 Å². The number of carboxylic acid groups (broad SMARTS) is 1. The zero-order chi connectivity index (χ0) is 21.3. The van der Waals surface area contributed by atoms with Crippen molar-refractivity contribution in [2.45, 2.75) is 50.9 Å². The second kappa shape index (κ2) is 8.38. The monoisotopic (exact) mass is 429 g/mol. The fraction of sp³-hybridized carbons (Fsp3) is 0.417. The van der Waals surface area contributed by atoms with Gasteiger partial charge in [0.1, 0.15) is 5.82 Å². The van der Waals surface area contributed by atoms with Crippen LogP contribution in [0.15, 0.2) is 42.5 Å². The number of aliphatic carboxylic acids is 1. The second-order valence-electron chi connectivity index (χ2n) is 8.64. The lowest BCUT2D eigenvalue weighted by molar-refractivity contribution is -0.143. The molecule has 0 radical (unpaired) electrons. The number of carboxylic acids is 1. The molecule has 2 aromatic carbocycles. The van der Waals surface area contributed by atoms with Gasteiger partial charge in [0.25, 0.3) is 0 Å². The summed E-state index contributed by atoms with van der Waals surface area (Å²) < 4.78 is 14.5. The highest BCUT2D eigenvalue weighted by molar-refractivity contribution is 6.30. The zero-order valence-corrected chi connectivity index (χ0v) is 17.4. The first-order chi connectivity index (χ1) is 14.4. The van der Waals surface area contributed by atoms with Crippen molar-refractivity contribution in [1.29, 1.82) is 0 Å². The Morgan fingerprint density at radius 2 is 1.80 bits per heavy atom. The molecular weight excluding hydrogens is 405 g/mol. The number of rotatable bonds is 7. The van der Waals surface area contributed by atoms with E-state index in [0.717, 1.165) is 36.8 Å². The van der Waals surface area contributed by atoms with Gasteiger partial charge in [0.05, 0.1) is 17.0 Å². The molecule has 2 aliphatic carbocycles. The molecule has 158 valence electrons. The lowest BCUT2D eigenvalue weighted by Gasteiger charge is -2.23. The van der Waals surface area contributed by atoms with Gasteiger partial charge in [-0.1, -0.05) is 42.6 Å². The Morgan fingerprint density at radius 3 is 2.40 bits per heavy atom. The maximum atomic E-state index is 14.5. The summed E-state index contributed by atoms with van der Waals surface area (Å²) in [5, 5.41) is 12.8. The maximum Gasteiger partial charge on any atom is 0.309 e. The first-order valence-electron chi connectivity index (χ1n) is 10.5. The van der Waals surface area contributed by atoms with Crippen LogP contribution in [-0.2, 0) is 16.0 Å². The number of carbonyl (C=O) groups is 2. The lowest BCUT2D eigenvalue weighted by atomic mass is 9.84. The van der Waals surface area contributed by atoms with Gasteiger partial charge in [0, 0.05) is 5.02 Å². The van der Waals surface area contributed by atoms with E-state index in [4.69, 9.17) is 11.6 Å². The Balaban J connectivity index is 1.56. The molecule has 0 unspecified atom stereocenters. The summed E-state index contributed by atoms with van der Waals surface area (Å²) in [6.07, 6.45) is 5.69. The van der Waals surface area contributed by atoms with Gasteiger partial charge in [-0.05, 0) is 73.4 Å². The average Bonchev–Trinajstić information content (AvgIpc) is 3.31. The number of anilines is 1. The van der Waals surface area contributed by atoms with Gasteiger partial charge in [0.15, 0.2) is 0 Å². The quantitative estimate of drug-likeness (QED) is 0.584. The molecule has 2 fully saturated rings. The predicted molar refractivity (Wildman–Crippen MR) is 114 cm³/mol. The molecule has 2 N–H and O–H groups in total. The first-order valence-corrected chi connectivity index (χ1v) is 10.8. The summed E-state index contributed by atoms with van der Waals surface area (Å²) in [5.74, 6) is -1.74. The van der Waals surface area contributed by atoms with Crippen molar-refractivity contribution in [3.05, 3.63) is 64.4 Å². The van der Waals surface area contributed by atoms with Crippen molar-refractivity contribution in [3.8, 4) is 0 Å². The summed E-state index contributed by atoms with van der Waals surface area (Å²) in [6, 6.07) is 11.7. The minimum atomic E-state index is -0.818. The zero-order valence-electron chi connectivity index (χ0n) is 16.7. The molecule has 0 heterocycles. The minimum absolute atomic E-state index is 0.107. The van der Waals surface area contributed by atoms with Crippen LogP contribution in [0.25, 0.3) is 0 Å². The summed E-state index contributed by atoms with van der Waals surface area (Å²) in [6.45, 7) is 0. The van der Waals surface area contributed by atoms with Gasteiger partial charge in [-0.2, -0.15) is 0 Å².